The number of benzene rings is 2. The van der Waals surface area contributed by atoms with Crippen molar-refractivity contribution in [3.05, 3.63) is 53.3 Å². The van der Waals surface area contributed by atoms with Crippen molar-refractivity contribution < 1.29 is 14.3 Å². The number of methoxy groups -OCH3 is 2. The first kappa shape index (κ1) is 15.1. The van der Waals surface area contributed by atoms with Crippen molar-refractivity contribution in [2.45, 2.75) is 13.8 Å². The Hall–Kier alpha value is -2.82. The first-order valence-corrected chi connectivity index (χ1v) is 7.26. The van der Waals surface area contributed by atoms with Crippen LogP contribution in [0.4, 0.5) is 0 Å². The summed E-state index contributed by atoms with van der Waals surface area (Å²) < 4.78 is 12.0. The zero-order valence-electron chi connectivity index (χ0n) is 13.6. The van der Waals surface area contributed by atoms with E-state index in [9.17, 15) is 4.79 Å². The summed E-state index contributed by atoms with van der Waals surface area (Å²) in [7, 11) is 3.11. The van der Waals surface area contributed by atoms with Crippen molar-refractivity contribution in [2.75, 3.05) is 14.2 Å². The van der Waals surface area contributed by atoms with E-state index < -0.39 is 0 Å². The van der Waals surface area contributed by atoms with Crippen LogP contribution in [0, 0.1) is 13.8 Å². The molecule has 0 spiro atoms. The fraction of sp³-hybridized carbons (Fsp3) is 0.222. The molecule has 0 aliphatic rings. The average molecular weight is 310 g/mol. The molecule has 3 aromatic rings. The van der Waals surface area contributed by atoms with E-state index in [-0.39, 0.29) is 5.91 Å². The van der Waals surface area contributed by atoms with Gasteiger partial charge in [0.15, 0.2) is 0 Å². The van der Waals surface area contributed by atoms with Gasteiger partial charge in [0, 0.05) is 6.07 Å². The average Bonchev–Trinajstić information content (AvgIpc) is 2.96. The van der Waals surface area contributed by atoms with Gasteiger partial charge in [-0.2, -0.15) is 0 Å². The van der Waals surface area contributed by atoms with Crippen LogP contribution in [0.2, 0.25) is 0 Å². The zero-order valence-corrected chi connectivity index (χ0v) is 13.6. The highest BCUT2D eigenvalue weighted by atomic mass is 16.5. The second-order valence-electron chi connectivity index (χ2n) is 5.41. The number of nitrogens with zero attached hydrogens (tertiary/aromatic N) is 2. The third-order valence-corrected chi connectivity index (χ3v) is 4.02. The molecule has 0 saturated carbocycles. The second kappa shape index (κ2) is 5.76. The Balaban J connectivity index is 2.12. The van der Waals surface area contributed by atoms with Crippen molar-refractivity contribution >= 4 is 16.9 Å². The summed E-state index contributed by atoms with van der Waals surface area (Å²) >= 11 is 0. The van der Waals surface area contributed by atoms with Crippen LogP contribution in [0.25, 0.3) is 11.0 Å². The largest absolute Gasteiger partial charge is 0.497 e. The third kappa shape index (κ3) is 2.54. The lowest BCUT2D eigenvalue weighted by Gasteiger charge is -2.10. The predicted molar refractivity (Wildman–Crippen MR) is 88.5 cm³/mol. The maximum atomic E-state index is 12.9. The van der Waals surface area contributed by atoms with Gasteiger partial charge in [0.25, 0.3) is 5.91 Å². The number of hydrogen-bond acceptors (Lipinski definition) is 4. The first-order valence-electron chi connectivity index (χ1n) is 7.26. The fourth-order valence-corrected chi connectivity index (χ4v) is 2.53. The summed E-state index contributed by atoms with van der Waals surface area (Å²) in [6.45, 7) is 4.05. The Kier molecular flexibility index (Phi) is 3.78. The summed E-state index contributed by atoms with van der Waals surface area (Å²) in [4.78, 5) is 17.2. The summed E-state index contributed by atoms with van der Waals surface area (Å²) in [5, 5.41) is 0. The summed E-state index contributed by atoms with van der Waals surface area (Å²) in [5.41, 5.74) is 4.32. The number of carbonyl (C=O) groups excluding carboxylic acids is 1. The molecule has 23 heavy (non-hydrogen) atoms. The minimum absolute atomic E-state index is 0.185. The van der Waals surface area contributed by atoms with Gasteiger partial charge in [-0.1, -0.05) is 0 Å². The van der Waals surface area contributed by atoms with Crippen LogP contribution >= 0.6 is 0 Å². The van der Waals surface area contributed by atoms with Gasteiger partial charge in [0.1, 0.15) is 17.8 Å². The number of fused-ring (bicyclic) bond motifs is 1. The molecule has 0 atom stereocenters. The van der Waals surface area contributed by atoms with Gasteiger partial charge in [-0.05, 0) is 49.2 Å². The molecule has 0 unspecified atom stereocenters. The molecule has 5 nitrogen and oxygen atoms in total. The summed E-state index contributed by atoms with van der Waals surface area (Å²) in [5.74, 6) is 0.927. The molecular weight excluding hydrogens is 292 g/mol. The first-order chi connectivity index (χ1) is 11.0. The SMILES string of the molecule is COc1ccc(C(=O)n2cnc3cc(C)c(C)cc32)c(OC)c1. The Morgan fingerprint density at radius 1 is 1.04 bits per heavy atom. The molecule has 2 aromatic carbocycles. The van der Waals surface area contributed by atoms with Gasteiger partial charge in [-0.15, -0.1) is 0 Å². The molecule has 0 aliphatic heterocycles. The molecule has 0 radical (unpaired) electrons. The minimum atomic E-state index is -0.185. The van der Waals surface area contributed by atoms with E-state index in [0.717, 1.165) is 22.2 Å². The molecule has 1 aromatic heterocycles. The van der Waals surface area contributed by atoms with E-state index in [0.29, 0.717) is 17.1 Å². The topological polar surface area (TPSA) is 53.4 Å². The van der Waals surface area contributed by atoms with E-state index in [2.05, 4.69) is 4.98 Å². The Morgan fingerprint density at radius 3 is 2.48 bits per heavy atom. The maximum Gasteiger partial charge on any atom is 0.267 e. The van der Waals surface area contributed by atoms with E-state index >= 15 is 0 Å². The number of carbonyl (C=O) groups is 1. The lowest BCUT2D eigenvalue weighted by molar-refractivity contribution is 0.0961. The Bertz CT molecular complexity index is 897. The zero-order chi connectivity index (χ0) is 16.6. The van der Waals surface area contributed by atoms with Crippen molar-refractivity contribution in [3.8, 4) is 11.5 Å². The Morgan fingerprint density at radius 2 is 1.78 bits per heavy atom. The van der Waals surface area contributed by atoms with Gasteiger partial charge >= 0.3 is 0 Å². The maximum absolute atomic E-state index is 12.9. The molecule has 0 N–H and O–H groups in total. The van der Waals surface area contributed by atoms with Crippen LogP contribution in [0.3, 0.4) is 0 Å². The van der Waals surface area contributed by atoms with E-state index in [4.69, 9.17) is 9.47 Å². The van der Waals surface area contributed by atoms with Gasteiger partial charge in [0.05, 0.1) is 30.8 Å². The molecule has 3 rings (SSSR count). The van der Waals surface area contributed by atoms with Gasteiger partial charge in [-0.25, -0.2) is 4.98 Å². The highest BCUT2D eigenvalue weighted by molar-refractivity contribution is 6.03. The molecule has 0 amide bonds. The normalized spacial score (nSPS) is 10.8. The molecule has 0 saturated heterocycles. The van der Waals surface area contributed by atoms with Crippen LogP contribution in [-0.4, -0.2) is 29.7 Å². The smallest absolute Gasteiger partial charge is 0.267 e. The number of ether oxygens (including phenoxy) is 2. The quantitative estimate of drug-likeness (QED) is 0.744. The van der Waals surface area contributed by atoms with E-state index in [1.807, 2.05) is 26.0 Å². The fourth-order valence-electron chi connectivity index (χ4n) is 2.53. The molecule has 5 heteroatoms. The highest BCUT2D eigenvalue weighted by Gasteiger charge is 2.18. The van der Waals surface area contributed by atoms with Gasteiger partial charge in [-0.3, -0.25) is 9.36 Å². The predicted octanol–water partition coefficient (Wildman–Crippen LogP) is 3.36. The molecular formula is C18H18N2O3. The second-order valence-corrected chi connectivity index (χ2v) is 5.41. The van der Waals surface area contributed by atoms with Crippen LogP contribution in [-0.2, 0) is 0 Å². The molecule has 118 valence electrons. The monoisotopic (exact) mass is 310 g/mol. The molecule has 0 aliphatic carbocycles. The standard InChI is InChI=1S/C18H18N2O3/c1-11-7-15-16(8-12(11)2)20(10-19-15)18(21)14-6-5-13(22-3)9-17(14)23-4/h5-10H,1-4H3. The van der Waals surface area contributed by atoms with Gasteiger partial charge < -0.3 is 9.47 Å². The summed E-state index contributed by atoms with van der Waals surface area (Å²) in [6, 6.07) is 9.10. The lowest BCUT2D eigenvalue weighted by Crippen LogP contribution is -2.12. The van der Waals surface area contributed by atoms with Crippen LogP contribution in [0.1, 0.15) is 21.5 Å². The minimum Gasteiger partial charge on any atom is -0.497 e. The van der Waals surface area contributed by atoms with E-state index in [1.165, 1.54) is 7.11 Å². The molecule has 1 heterocycles. The van der Waals surface area contributed by atoms with Crippen molar-refractivity contribution in [1.29, 1.82) is 0 Å². The third-order valence-electron chi connectivity index (χ3n) is 4.02. The number of aryl methyl sites for hydroxylation is 2. The van der Waals surface area contributed by atoms with Gasteiger partial charge in [0.2, 0.25) is 0 Å². The number of rotatable bonds is 3. The number of hydrogen-bond donors (Lipinski definition) is 0. The number of imidazole rings is 1. The van der Waals surface area contributed by atoms with Crippen molar-refractivity contribution in [1.82, 2.24) is 9.55 Å². The van der Waals surface area contributed by atoms with Crippen molar-refractivity contribution in [2.24, 2.45) is 0 Å². The lowest BCUT2D eigenvalue weighted by atomic mass is 10.1. The summed E-state index contributed by atoms with van der Waals surface area (Å²) in [6.07, 6.45) is 1.55. The number of aromatic nitrogens is 2. The van der Waals surface area contributed by atoms with Crippen LogP contribution < -0.4 is 9.47 Å². The Labute approximate surface area is 134 Å². The van der Waals surface area contributed by atoms with Crippen LogP contribution in [0.5, 0.6) is 11.5 Å². The molecule has 0 fully saturated rings. The highest BCUT2D eigenvalue weighted by Crippen LogP contribution is 2.27. The molecule has 0 bridgehead atoms. The van der Waals surface area contributed by atoms with Crippen LogP contribution in [0.15, 0.2) is 36.7 Å². The van der Waals surface area contributed by atoms with E-state index in [1.54, 1.807) is 36.2 Å². The van der Waals surface area contributed by atoms with Crippen molar-refractivity contribution in [3.63, 3.8) is 0 Å².